The standard InChI is InChI=1S/C9H18O4S/c1-4-5-7(2)6-13-9(10)8(3)14(11)12/h7-8H,4-6H2,1-3H3,(H,11,12)/p-1. The van der Waals surface area contributed by atoms with E-state index in [4.69, 9.17) is 4.74 Å². The SMILES string of the molecule is CCCC(C)COC(=O)C(C)S(=O)[O-]. The molecule has 0 aromatic rings. The molecule has 5 heteroatoms. The summed E-state index contributed by atoms with van der Waals surface area (Å²) in [7, 11) is 0. The van der Waals surface area contributed by atoms with Gasteiger partial charge in [-0.1, -0.05) is 20.3 Å². The third-order valence-electron chi connectivity index (χ3n) is 1.91. The first-order chi connectivity index (χ1) is 6.49. The molecule has 3 unspecified atom stereocenters. The van der Waals surface area contributed by atoms with Crippen LogP contribution >= 0.6 is 0 Å². The van der Waals surface area contributed by atoms with E-state index in [-0.39, 0.29) is 5.92 Å². The first-order valence-electron chi connectivity index (χ1n) is 4.73. The lowest BCUT2D eigenvalue weighted by Crippen LogP contribution is -2.26. The predicted octanol–water partition coefficient (Wildman–Crippen LogP) is 1.23. The zero-order chi connectivity index (χ0) is 11.1. The van der Waals surface area contributed by atoms with Crippen LogP contribution in [0.25, 0.3) is 0 Å². The topological polar surface area (TPSA) is 66.4 Å². The van der Waals surface area contributed by atoms with Crippen molar-refractivity contribution in [2.45, 2.75) is 38.9 Å². The van der Waals surface area contributed by atoms with Crippen LogP contribution in [0.2, 0.25) is 0 Å². The molecule has 0 radical (unpaired) electrons. The van der Waals surface area contributed by atoms with Crippen LogP contribution < -0.4 is 0 Å². The summed E-state index contributed by atoms with van der Waals surface area (Å²) in [6, 6.07) is 0. The fourth-order valence-electron chi connectivity index (χ4n) is 0.996. The van der Waals surface area contributed by atoms with Crippen molar-refractivity contribution in [1.82, 2.24) is 0 Å². The molecule has 3 atom stereocenters. The summed E-state index contributed by atoms with van der Waals surface area (Å²) in [4.78, 5) is 11.1. The van der Waals surface area contributed by atoms with Crippen LogP contribution in [-0.2, 0) is 20.6 Å². The van der Waals surface area contributed by atoms with Crippen LogP contribution in [0.15, 0.2) is 0 Å². The molecule has 0 heterocycles. The highest BCUT2D eigenvalue weighted by atomic mass is 32.2. The van der Waals surface area contributed by atoms with Gasteiger partial charge in [-0.25, -0.2) is 0 Å². The second-order valence-electron chi connectivity index (χ2n) is 3.43. The van der Waals surface area contributed by atoms with E-state index in [1.807, 2.05) is 13.8 Å². The van der Waals surface area contributed by atoms with Crippen molar-refractivity contribution in [2.75, 3.05) is 6.61 Å². The van der Waals surface area contributed by atoms with Crippen LogP contribution in [0, 0.1) is 5.92 Å². The van der Waals surface area contributed by atoms with Crippen molar-refractivity contribution in [2.24, 2.45) is 5.92 Å². The summed E-state index contributed by atoms with van der Waals surface area (Å²) < 4.78 is 25.7. The molecule has 0 aliphatic heterocycles. The summed E-state index contributed by atoms with van der Waals surface area (Å²) in [6.07, 6.45) is 2.00. The van der Waals surface area contributed by atoms with Crippen LogP contribution in [0.5, 0.6) is 0 Å². The molecule has 0 aromatic heterocycles. The molecule has 4 nitrogen and oxygen atoms in total. The molecular formula is C9H17O4S-. The molecule has 0 aliphatic rings. The second kappa shape index (κ2) is 6.95. The number of esters is 1. The largest absolute Gasteiger partial charge is 0.772 e. The highest BCUT2D eigenvalue weighted by Gasteiger charge is 2.15. The van der Waals surface area contributed by atoms with E-state index in [0.29, 0.717) is 6.61 Å². The Kier molecular flexibility index (Phi) is 6.74. The van der Waals surface area contributed by atoms with Crippen molar-refractivity contribution >= 4 is 17.0 Å². The summed E-state index contributed by atoms with van der Waals surface area (Å²) in [5.41, 5.74) is 0. The van der Waals surface area contributed by atoms with E-state index in [9.17, 15) is 13.6 Å². The highest BCUT2D eigenvalue weighted by Crippen LogP contribution is 2.06. The first kappa shape index (κ1) is 13.6. The number of carbonyl (C=O) groups excluding carboxylic acids is 1. The predicted molar refractivity (Wildman–Crippen MR) is 53.4 cm³/mol. The summed E-state index contributed by atoms with van der Waals surface area (Å²) in [5.74, 6) is -0.377. The van der Waals surface area contributed by atoms with Gasteiger partial charge in [0.2, 0.25) is 0 Å². The Hall–Kier alpha value is -0.420. The average Bonchev–Trinajstić information content (AvgIpc) is 2.13. The van der Waals surface area contributed by atoms with E-state index < -0.39 is 22.3 Å². The maximum atomic E-state index is 11.1. The molecule has 0 aliphatic carbocycles. The van der Waals surface area contributed by atoms with Crippen LogP contribution in [0.3, 0.4) is 0 Å². The van der Waals surface area contributed by atoms with E-state index in [1.54, 1.807) is 0 Å². The monoisotopic (exact) mass is 221 g/mol. The number of rotatable bonds is 6. The van der Waals surface area contributed by atoms with Gasteiger partial charge in [0, 0.05) is 0 Å². The molecular weight excluding hydrogens is 204 g/mol. The number of carbonyl (C=O) groups is 1. The van der Waals surface area contributed by atoms with Crippen molar-refractivity contribution < 1.29 is 18.3 Å². The van der Waals surface area contributed by atoms with Crippen molar-refractivity contribution in [1.29, 1.82) is 0 Å². The Morgan fingerprint density at radius 2 is 2.07 bits per heavy atom. The van der Waals surface area contributed by atoms with Crippen LogP contribution in [0.1, 0.15) is 33.6 Å². The second-order valence-corrected chi connectivity index (χ2v) is 4.65. The van der Waals surface area contributed by atoms with E-state index in [0.717, 1.165) is 12.8 Å². The lowest BCUT2D eigenvalue weighted by Gasteiger charge is -2.16. The Labute approximate surface area is 87.3 Å². The molecule has 0 N–H and O–H groups in total. The van der Waals surface area contributed by atoms with Gasteiger partial charge in [-0.05, 0) is 30.3 Å². The minimum Gasteiger partial charge on any atom is -0.772 e. The molecule has 0 aromatic carbocycles. The zero-order valence-electron chi connectivity index (χ0n) is 8.82. The maximum Gasteiger partial charge on any atom is 0.320 e. The number of hydrogen-bond donors (Lipinski definition) is 0. The minimum absolute atomic E-state index is 0.288. The normalized spacial score (nSPS) is 17.1. The first-order valence-corrected chi connectivity index (χ1v) is 5.87. The third kappa shape index (κ3) is 5.34. The Balaban J connectivity index is 3.79. The van der Waals surface area contributed by atoms with E-state index in [1.165, 1.54) is 6.92 Å². The van der Waals surface area contributed by atoms with Gasteiger partial charge >= 0.3 is 5.97 Å². The van der Waals surface area contributed by atoms with Gasteiger partial charge in [-0.2, -0.15) is 0 Å². The molecule has 0 amide bonds. The molecule has 0 rings (SSSR count). The van der Waals surface area contributed by atoms with Crippen molar-refractivity contribution in [3.8, 4) is 0 Å². The molecule has 0 saturated heterocycles. The van der Waals surface area contributed by atoms with E-state index in [2.05, 4.69) is 0 Å². The van der Waals surface area contributed by atoms with Gasteiger partial charge in [0.05, 0.1) is 6.61 Å². The summed E-state index contributed by atoms with van der Waals surface area (Å²) >= 11 is -2.38. The van der Waals surface area contributed by atoms with E-state index >= 15 is 0 Å². The number of hydrogen-bond acceptors (Lipinski definition) is 4. The van der Waals surface area contributed by atoms with Gasteiger partial charge in [0.15, 0.2) is 0 Å². The van der Waals surface area contributed by atoms with Crippen LogP contribution in [0.4, 0.5) is 0 Å². The van der Waals surface area contributed by atoms with Gasteiger partial charge in [-0.15, -0.1) is 0 Å². The Morgan fingerprint density at radius 1 is 1.50 bits per heavy atom. The van der Waals surface area contributed by atoms with Crippen molar-refractivity contribution in [3.63, 3.8) is 0 Å². The lowest BCUT2D eigenvalue weighted by molar-refractivity contribution is -0.144. The smallest absolute Gasteiger partial charge is 0.320 e. The quantitative estimate of drug-likeness (QED) is 0.500. The van der Waals surface area contributed by atoms with Gasteiger partial charge in [0.1, 0.15) is 5.25 Å². The lowest BCUT2D eigenvalue weighted by atomic mass is 10.1. The summed E-state index contributed by atoms with van der Waals surface area (Å²) in [6.45, 7) is 5.63. The maximum absolute atomic E-state index is 11.1. The number of ether oxygens (including phenoxy) is 1. The fourth-order valence-corrected chi connectivity index (χ4v) is 1.22. The van der Waals surface area contributed by atoms with Gasteiger partial charge in [0.25, 0.3) is 0 Å². The molecule has 0 bridgehead atoms. The minimum atomic E-state index is -2.38. The van der Waals surface area contributed by atoms with Gasteiger partial charge in [-0.3, -0.25) is 9.00 Å². The molecule has 0 spiro atoms. The molecule has 84 valence electrons. The third-order valence-corrected chi connectivity index (χ3v) is 2.68. The van der Waals surface area contributed by atoms with Crippen molar-refractivity contribution in [3.05, 3.63) is 0 Å². The average molecular weight is 221 g/mol. The highest BCUT2D eigenvalue weighted by molar-refractivity contribution is 7.80. The zero-order valence-corrected chi connectivity index (χ0v) is 9.63. The Bertz CT molecular complexity index is 205. The van der Waals surface area contributed by atoms with Crippen LogP contribution in [-0.4, -0.2) is 26.6 Å². The molecule has 14 heavy (non-hydrogen) atoms. The summed E-state index contributed by atoms with van der Waals surface area (Å²) in [5, 5.41) is -1.07. The fraction of sp³-hybridized carbons (Fsp3) is 0.889. The van der Waals surface area contributed by atoms with Gasteiger partial charge < -0.3 is 9.29 Å². The Morgan fingerprint density at radius 3 is 2.50 bits per heavy atom. The molecule has 0 saturated carbocycles. The molecule has 0 fully saturated rings.